The Morgan fingerprint density at radius 2 is 1.92 bits per heavy atom. The van der Waals surface area contributed by atoms with E-state index in [4.69, 9.17) is 10.1 Å². The number of hydrogen-bond acceptors (Lipinski definition) is 8. The van der Waals surface area contributed by atoms with Crippen LogP contribution in [-0.2, 0) is 11.2 Å². The van der Waals surface area contributed by atoms with Crippen LogP contribution in [0.15, 0.2) is 47.3 Å². The SMILES string of the molecule is N=C1NC(=O)C(Cc2ccc(N3CCC(NCC(O)COc4cccc5[nH]c(=O)[nH]c45)CC3)cc2)S1. The molecule has 2 fully saturated rings. The molecule has 2 aromatic carbocycles. The summed E-state index contributed by atoms with van der Waals surface area (Å²) in [5, 5.41) is 24.0. The van der Waals surface area contributed by atoms with E-state index < -0.39 is 6.10 Å². The normalized spacial score (nSPS) is 19.6. The number of anilines is 1. The summed E-state index contributed by atoms with van der Waals surface area (Å²) in [7, 11) is 0. The van der Waals surface area contributed by atoms with Gasteiger partial charge >= 0.3 is 5.69 Å². The van der Waals surface area contributed by atoms with Gasteiger partial charge in [-0.25, -0.2) is 4.79 Å². The van der Waals surface area contributed by atoms with Crippen molar-refractivity contribution in [1.82, 2.24) is 20.6 Å². The van der Waals surface area contributed by atoms with Crippen LogP contribution in [0.5, 0.6) is 5.75 Å². The van der Waals surface area contributed by atoms with Crippen LogP contribution >= 0.6 is 11.8 Å². The second kappa shape index (κ2) is 10.8. The molecule has 1 amide bonds. The molecule has 5 rings (SSSR count). The summed E-state index contributed by atoms with van der Waals surface area (Å²) in [4.78, 5) is 31.1. The fourth-order valence-corrected chi connectivity index (χ4v) is 5.54. The Morgan fingerprint density at radius 1 is 1.14 bits per heavy atom. The number of benzene rings is 2. The zero-order valence-electron chi connectivity index (χ0n) is 19.8. The number of amidine groups is 1. The molecule has 2 aliphatic heterocycles. The van der Waals surface area contributed by atoms with E-state index in [9.17, 15) is 14.7 Å². The number of thioether (sulfide) groups is 1. The molecule has 0 saturated carbocycles. The summed E-state index contributed by atoms with van der Waals surface area (Å²) in [5.41, 5.74) is 3.25. The molecule has 3 heterocycles. The largest absolute Gasteiger partial charge is 0.489 e. The Labute approximate surface area is 212 Å². The van der Waals surface area contributed by atoms with Crippen molar-refractivity contribution in [3.8, 4) is 5.75 Å². The number of aliphatic hydroxyl groups is 1. The van der Waals surface area contributed by atoms with E-state index in [0.29, 0.717) is 35.8 Å². The van der Waals surface area contributed by atoms with E-state index in [1.165, 1.54) is 17.4 Å². The van der Waals surface area contributed by atoms with Crippen LogP contribution in [0.2, 0.25) is 0 Å². The van der Waals surface area contributed by atoms with Crippen molar-refractivity contribution in [2.75, 3.05) is 31.1 Å². The second-order valence-electron chi connectivity index (χ2n) is 9.19. The van der Waals surface area contributed by atoms with Crippen LogP contribution in [-0.4, -0.2) is 69.8 Å². The Balaban J connectivity index is 1.04. The van der Waals surface area contributed by atoms with Gasteiger partial charge in [-0.2, -0.15) is 0 Å². The van der Waals surface area contributed by atoms with Gasteiger partial charge in [0.25, 0.3) is 0 Å². The number of carbonyl (C=O) groups excluding carboxylic acids is 1. The molecule has 0 radical (unpaired) electrons. The predicted molar refractivity (Wildman–Crippen MR) is 141 cm³/mol. The summed E-state index contributed by atoms with van der Waals surface area (Å²) in [6.45, 7) is 2.41. The first kappa shape index (κ1) is 24.4. The predicted octanol–water partition coefficient (Wildman–Crippen LogP) is 1.56. The monoisotopic (exact) mass is 510 g/mol. The third kappa shape index (κ3) is 5.75. The Bertz CT molecular complexity index is 1280. The number of carbonyl (C=O) groups is 1. The number of nitrogens with zero attached hydrogens (tertiary/aromatic N) is 1. The molecule has 11 heteroatoms. The fraction of sp³-hybridized carbons (Fsp3) is 0.400. The number of piperidine rings is 1. The number of H-pyrrole nitrogens is 2. The number of nitrogens with one attached hydrogen (secondary N) is 5. The van der Waals surface area contributed by atoms with E-state index >= 15 is 0 Å². The number of hydrogen-bond donors (Lipinski definition) is 6. The molecule has 36 heavy (non-hydrogen) atoms. The first-order valence-electron chi connectivity index (χ1n) is 12.1. The van der Waals surface area contributed by atoms with E-state index in [-0.39, 0.29) is 28.6 Å². The molecule has 190 valence electrons. The number of aromatic amines is 2. The van der Waals surface area contributed by atoms with Crippen LogP contribution in [0.4, 0.5) is 5.69 Å². The summed E-state index contributed by atoms with van der Waals surface area (Å²) in [5.74, 6) is 0.448. The van der Waals surface area contributed by atoms with Gasteiger partial charge in [-0.05, 0) is 49.1 Å². The van der Waals surface area contributed by atoms with Gasteiger partial charge < -0.3 is 35.3 Å². The number of imidazole rings is 1. The highest BCUT2D eigenvalue weighted by molar-refractivity contribution is 8.15. The number of aliphatic hydroxyl groups excluding tert-OH is 1. The number of aromatic nitrogens is 2. The molecule has 3 aromatic rings. The highest BCUT2D eigenvalue weighted by Crippen LogP contribution is 2.25. The van der Waals surface area contributed by atoms with Crippen molar-refractivity contribution in [3.05, 3.63) is 58.5 Å². The number of para-hydroxylation sites is 1. The maximum atomic E-state index is 11.9. The molecule has 6 N–H and O–H groups in total. The lowest BCUT2D eigenvalue weighted by Crippen LogP contribution is -2.45. The van der Waals surface area contributed by atoms with Crippen molar-refractivity contribution >= 4 is 39.6 Å². The van der Waals surface area contributed by atoms with Crippen LogP contribution in [0.1, 0.15) is 18.4 Å². The zero-order chi connectivity index (χ0) is 25.1. The van der Waals surface area contributed by atoms with Crippen molar-refractivity contribution in [1.29, 1.82) is 5.41 Å². The molecule has 10 nitrogen and oxygen atoms in total. The van der Waals surface area contributed by atoms with Crippen molar-refractivity contribution < 1.29 is 14.6 Å². The third-order valence-electron chi connectivity index (χ3n) is 6.59. The van der Waals surface area contributed by atoms with Gasteiger partial charge in [0.1, 0.15) is 24.0 Å². The van der Waals surface area contributed by atoms with Crippen LogP contribution < -0.4 is 26.0 Å². The van der Waals surface area contributed by atoms with E-state index in [2.05, 4.69) is 49.8 Å². The van der Waals surface area contributed by atoms with Gasteiger partial charge in [0, 0.05) is 31.4 Å². The summed E-state index contributed by atoms with van der Waals surface area (Å²) >= 11 is 1.28. The van der Waals surface area contributed by atoms with Crippen LogP contribution in [0.25, 0.3) is 11.0 Å². The zero-order valence-corrected chi connectivity index (χ0v) is 20.6. The van der Waals surface area contributed by atoms with Crippen LogP contribution in [0.3, 0.4) is 0 Å². The topological polar surface area (TPSA) is 146 Å². The third-order valence-corrected chi connectivity index (χ3v) is 7.60. The van der Waals surface area contributed by atoms with Crippen molar-refractivity contribution in [2.24, 2.45) is 0 Å². The molecule has 2 atom stereocenters. The average Bonchev–Trinajstić information content (AvgIpc) is 3.42. The van der Waals surface area contributed by atoms with Gasteiger partial charge in [-0.15, -0.1) is 0 Å². The van der Waals surface area contributed by atoms with E-state index in [1.807, 2.05) is 0 Å². The Morgan fingerprint density at radius 3 is 2.64 bits per heavy atom. The molecule has 1 aromatic heterocycles. The van der Waals surface area contributed by atoms with Gasteiger partial charge in [0.2, 0.25) is 5.91 Å². The molecule has 0 aliphatic carbocycles. The fourth-order valence-electron chi connectivity index (χ4n) is 4.65. The smallest absolute Gasteiger partial charge is 0.323 e. The lowest BCUT2D eigenvalue weighted by Gasteiger charge is -2.34. The highest BCUT2D eigenvalue weighted by atomic mass is 32.2. The molecule has 2 aliphatic rings. The van der Waals surface area contributed by atoms with Crippen molar-refractivity contribution in [2.45, 2.75) is 36.7 Å². The quantitative estimate of drug-likeness (QED) is 0.256. The minimum Gasteiger partial charge on any atom is -0.489 e. The Hall–Kier alpha value is -3.28. The minimum absolute atomic E-state index is 0.0882. The number of rotatable bonds is 9. The lowest BCUT2D eigenvalue weighted by molar-refractivity contribution is -0.118. The van der Waals surface area contributed by atoms with Crippen LogP contribution in [0, 0.1) is 5.41 Å². The maximum Gasteiger partial charge on any atom is 0.323 e. The second-order valence-corrected chi connectivity index (χ2v) is 10.4. The first-order valence-corrected chi connectivity index (χ1v) is 13.0. The maximum absolute atomic E-state index is 11.9. The molecule has 0 bridgehead atoms. The summed E-state index contributed by atoms with van der Waals surface area (Å²) < 4.78 is 5.75. The Kier molecular flexibility index (Phi) is 7.30. The van der Waals surface area contributed by atoms with Gasteiger partial charge in [0.15, 0.2) is 5.17 Å². The molecular weight excluding hydrogens is 480 g/mol. The van der Waals surface area contributed by atoms with E-state index in [1.54, 1.807) is 18.2 Å². The number of ether oxygens (including phenoxy) is 1. The first-order chi connectivity index (χ1) is 17.4. The minimum atomic E-state index is -0.666. The number of fused-ring (bicyclic) bond motifs is 1. The summed E-state index contributed by atoms with van der Waals surface area (Å²) in [6.07, 6.45) is 1.90. The van der Waals surface area contributed by atoms with Gasteiger partial charge in [0.05, 0.1) is 10.8 Å². The molecule has 2 saturated heterocycles. The van der Waals surface area contributed by atoms with E-state index in [0.717, 1.165) is 31.5 Å². The lowest BCUT2D eigenvalue weighted by atomic mass is 10.0. The standard InChI is InChI=1S/C25H30N6O4S/c26-24-30-23(33)21(36-24)12-15-4-6-17(7-5-15)31-10-8-16(9-11-31)27-13-18(32)14-35-20-3-1-2-19-22(20)29-25(34)28-19/h1-7,16,18,21,27,32H,8-14H2,(H2,26,30,33)(H2,28,29,34). The summed E-state index contributed by atoms with van der Waals surface area (Å²) in [6, 6.07) is 14.0. The number of amides is 1. The van der Waals surface area contributed by atoms with Gasteiger partial charge in [-0.1, -0.05) is 30.0 Å². The highest BCUT2D eigenvalue weighted by Gasteiger charge is 2.29. The molecule has 2 unspecified atom stereocenters. The average molecular weight is 511 g/mol. The van der Waals surface area contributed by atoms with Crippen molar-refractivity contribution in [3.63, 3.8) is 0 Å². The molecular formula is C25H30N6O4S. The molecule has 0 spiro atoms. The van der Waals surface area contributed by atoms with Gasteiger partial charge in [-0.3, -0.25) is 10.2 Å².